The second-order valence-electron chi connectivity index (χ2n) is 9.20. The maximum absolute atomic E-state index is 13.8. The smallest absolute Gasteiger partial charge is 0.269 e. The van der Waals surface area contributed by atoms with Crippen molar-refractivity contribution in [3.8, 4) is 22.6 Å². The molecule has 0 spiro atoms. The molecule has 0 radical (unpaired) electrons. The fourth-order valence-corrected chi connectivity index (χ4v) is 5.52. The van der Waals surface area contributed by atoms with Gasteiger partial charge in [-0.2, -0.15) is 8.42 Å². The lowest BCUT2D eigenvalue weighted by molar-refractivity contribution is -0.129. The van der Waals surface area contributed by atoms with E-state index in [1.54, 1.807) is 25.2 Å². The van der Waals surface area contributed by atoms with Crippen molar-refractivity contribution in [1.29, 1.82) is 0 Å². The van der Waals surface area contributed by atoms with Crippen LogP contribution in [-0.4, -0.2) is 50.5 Å². The third-order valence-corrected chi connectivity index (χ3v) is 7.43. The van der Waals surface area contributed by atoms with Gasteiger partial charge in [0.1, 0.15) is 17.3 Å². The number of likely N-dealkylation sites (N-methyl/N-ethyl adjacent to an activating group) is 1. The topological polar surface area (TPSA) is 132 Å². The Hall–Kier alpha value is -3.89. The molecule has 3 N–H and O–H groups in total. The maximum Gasteiger partial charge on any atom is 0.269 e. The van der Waals surface area contributed by atoms with Gasteiger partial charge in [-0.3, -0.25) is 14.2 Å². The zero-order valence-corrected chi connectivity index (χ0v) is 21.3. The summed E-state index contributed by atoms with van der Waals surface area (Å²) in [7, 11) is -1.17. The number of rotatable bonds is 6. The highest BCUT2D eigenvalue weighted by atomic mass is 32.2. The summed E-state index contributed by atoms with van der Waals surface area (Å²) in [4.78, 5) is 19.8. The molecule has 192 valence electrons. The van der Waals surface area contributed by atoms with Crippen LogP contribution in [0, 0.1) is 0 Å². The van der Waals surface area contributed by atoms with Crippen LogP contribution in [0.4, 0.5) is 0 Å². The number of hydrogen-bond donors (Lipinski definition) is 2. The number of benzene rings is 3. The van der Waals surface area contributed by atoms with E-state index >= 15 is 0 Å². The summed E-state index contributed by atoms with van der Waals surface area (Å²) in [5, 5.41) is 0. The van der Waals surface area contributed by atoms with Crippen LogP contribution in [0.2, 0.25) is 0 Å². The molecule has 0 aromatic heterocycles. The standard InChI is InChI=1S/C27H27N3O6S/c1-30-25(31)27(29-26(30)28,22-8-9-24-19(14-22)6-4-10-36-24)21-7-3-5-18(13-21)20-11-17(16-37(32,33)34)12-23(15-20)35-2/h3,5,7-9,11-15H,4,6,10,16H2,1-2H3,(H2,28,29)(H,32,33,34). The van der Waals surface area contributed by atoms with Gasteiger partial charge in [0.25, 0.3) is 16.0 Å². The Bertz CT molecular complexity index is 1530. The number of methoxy groups -OCH3 is 1. The second-order valence-corrected chi connectivity index (χ2v) is 10.6. The number of aryl methyl sites for hydroxylation is 1. The largest absolute Gasteiger partial charge is 0.497 e. The van der Waals surface area contributed by atoms with E-state index in [1.165, 1.54) is 12.0 Å². The third kappa shape index (κ3) is 4.54. The molecule has 0 saturated heterocycles. The van der Waals surface area contributed by atoms with E-state index in [-0.39, 0.29) is 11.9 Å². The quantitative estimate of drug-likeness (QED) is 0.477. The molecular weight excluding hydrogens is 494 g/mol. The summed E-state index contributed by atoms with van der Waals surface area (Å²) in [6, 6.07) is 18.0. The van der Waals surface area contributed by atoms with Crippen LogP contribution in [0.1, 0.15) is 28.7 Å². The number of carbonyl (C=O) groups excluding carboxylic acids is 1. The molecule has 1 amide bonds. The Morgan fingerprint density at radius 1 is 1.11 bits per heavy atom. The predicted molar refractivity (Wildman–Crippen MR) is 139 cm³/mol. The molecule has 0 fully saturated rings. The molecule has 37 heavy (non-hydrogen) atoms. The van der Waals surface area contributed by atoms with Gasteiger partial charge in [-0.15, -0.1) is 0 Å². The van der Waals surface area contributed by atoms with E-state index in [0.717, 1.165) is 24.2 Å². The van der Waals surface area contributed by atoms with E-state index in [2.05, 4.69) is 0 Å². The molecule has 10 heteroatoms. The summed E-state index contributed by atoms with van der Waals surface area (Å²) in [6.07, 6.45) is 1.72. The summed E-state index contributed by atoms with van der Waals surface area (Å²) >= 11 is 0. The van der Waals surface area contributed by atoms with Gasteiger partial charge >= 0.3 is 0 Å². The first-order valence-electron chi connectivity index (χ1n) is 11.7. The molecule has 1 atom stereocenters. The monoisotopic (exact) mass is 521 g/mol. The molecule has 0 aliphatic carbocycles. The van der Waals surface area contributed by atoms with Crippen LogP contribution in [0.25, 0.3) is 11.1 Å². The number of nitrogens with two attached hydrogens (primary N) is 1. The predicted octanol–water partition coefficient (Wildman–Crippen LogP) is 3.11. The maximum atomic E-state index is 13.8. The SMILES string of the molecule is COc1cc(CS(=O)(=O)O)cc(-c2cccc(C3(c4ccc5c(c4)CCCO5)N=C(N)N(C)C3=O)c2)c1. The van der Waals surface area contributed by atoms with E-state index < -0.39 is 21.4 Å². The number of guanidine groups is 1. The number of amides is 1. The zero-order chi connectivity index (χ0) is 26.4. The normalized spacial score (nSPS) is 19.3. The van der Waals surface area contributed by atoms with Crippen molar-refractivity contribution >= 4 is 22.0 Å². The van der Waals surface area contributed by atoms with Crippen LogP contribution in [-0.2, 0) is 32.6 Å². The molecule has 0 saturated carbocycles. The van der Waals surface area contributed by atoms with Gasteiger partial charge in [-0.1, -0.05) is 24.3 Å². The van der Waals surface area contributed by atoms with Gasteiger partial charge in [-0.05, 0) is 82.6 Å². The van der Waals surface area contributed by atoms with Crippen LogP contribution >= 0.6 is 0 Å². The summed E-state index contributed by atoms with van der Waals surface area (Å²) in [6.45, 7) is 0.659. The lowest BCUT2D eigenvalue weighted by atomic mass is 9.80. The molecule has 1 unspecified atom stereocenters. The Balaban J connectivity index is 1.67. The molecule has 9 nitrogen and oxygen atoms in total. The highest BCUT2D eigenvalue weighted by Crippen LogP contribution is 2.42. The summed E-state index contributed by atoms with van der Waals surface area (Å²) < 4.78 is 43.5. The van der Waals surface area contributed by atoms with Crippen molar-refractivity contribution in [2.45, 2.75) is 24.1 Å². The van der Waals surface area contributed by atoms with E-state index in [4.69, 9.17) is 20.2 Å². The lowest BCUT2D eigenvalue weighted by Crippen LogP contribution is -2.41. The van der Waals surface area contributed by atoms with Gasteiger partial charge in [0.2, 0.25) is 0 Å². The number of aliphatic imine (C=N–C) groups is 1. The Morgan fingerprint density at radius 3 is 2.59 bits per heavy atom. The van der Waals surface area contributed by atoms with Crippen molar-refractivity contribution < 1.29 is 27.2 Å². The van der Waals surface area contributed by atoms with Crippen molar-refractivity contribution in [2.24, 2.45) is 10.7 Å². The second kappa shape index (κ2) is 9.20. The minimum absolute atomic E-state index is 0.112. The molecule has 3 aromatic carbocycles. The molecule has 2 aliphatic heterocycles. The highest BCUT2D eigenvalue weighted by Gasteiger charge is 2.49. The molecular formula is C27H27N3O6S. The van der Waals surface area contributed by atoms with E-state index in [9.17, 15) is 17.8 Å². The van der Waals surface area contributed by atoms with Crippen molar-refractivity contribution in [3.63, 3.8) is 0 Å². The number of fused-ring (bicyclic) bond motifs is 1. The fraction of sp³-hybridized carbons (Fsp3) is 0.259. The first-order valence-corrected chi connectivity index (χ1v) is 13.4. The number of hydrogen-bond acceptors (Lipinski definition) is 7. The lowest BCUT2D eigenvalue weighted by Gasteiger charge is -2.28. The summed E-state index contributed by atoms with van der Waals surface area (Å²) in [5.74, 6) is 0.516. The van der Waals surface area contributed by atoms with Gasteiger partial charge in [0.05, 0.1) is 13.7 Å². The van der Waals surface area contributed by atoms with Gasteiger partial charge in [0, 0.05) is 7.05 Å². The molecule has 3 aromatic rings. The van der Waals surface area contributed by atoms with Crippen LogP contribution in [0.15, 0.2) is 65.7 Å². The number of carbonyl (C=O) groups is 1. The minimum atomic E-state index is -4.24. The van der Waals surface area contributed by atoms with Crippen molar-refractivity contribution in [2.75, 3.05) is 20.8 Å². The van der Waals surface area contributed by atoms with Crippen molar-refractivity contribution in [3.05, 3.63) is 82.9 Å². The zero-order valence-electron chi connectivity index (χ0n) is 20.5. The van der Waals surface area contributed by atoms with Crippen LogP contribution in [0.3, 0.4) is 0 Å². The highest BCUT2D eigenvalue weighted by molar-refractivity contribution is 7.85. The van der Waals surface area contributed by atoms with Gasteiger partial charge in [0.15, 0.2) is 11.5 Å². The van der Waals surface area contributed by atoms with Crippen LogP contribution < -0.4 is 15.2 Å². The Kier molecular flexibility index (Phi) is 6.17. The first-order chi connectivity index (χ1) is 17.6. The van der Waals surface area contributed by atoms with E-state index in [1.807, 2.05) is 42.5 Å². The first kappa shape index (κ1) is 24.8. The molecule has 2 aliphatic rings. The molecule has 0 bridgehead atoms. The minimum Gasteiger partial charge on any atom is -0.497 e. The number of nitrogens with zero attached hydrogens (tertiary/aromatic N) is 2. The average Bonchev–Trinajstić information content (AvgIpc) is 3.12. The van der Waals surface area contributed by atoms with Crippen LogP contribution in [0.5, 0.6) is 11.5 Å². The third-order valence-electron chi connectivity index (χ3n) is 6.73. The average molecular weight is 522 g/mol. The van der Waals surface area contributed by atoms with E-state index in [0.29, 0.717) is 40.2 Å². The van der Waals surface area contributed by atoms with Crippen molar-refractivity contribution in [1.82, 2.24) is 4.90 Å². The number of ether oxygens (including phenoxy) is 2. The van der Waals surface area contributed by atoms with Gasteiger partial charge in [-0.25, -0.2) is 4.99 Å². The Morgan fingerprint density at radius 2 is 1.89 bits per heavy atom. The Labute approximate surface area is 215 Å². The molecule has 5 rings (SSSR count). The fourth-order valence-electron chi connectivity index (χ4n) is 4.93. The van der Waals surface area contributed by atoms with Gasteiger partial charge < -0.3 is 15.2 Å². The molecule has 2 heterocycles. The summed E-state index contributed by atoms with van der Waals surface area (Å²) in [5.41, 5.74) is 8.81.